The molecule has 0 radical (unpaired) electrons. The molecule has 5 heteroatoms. The molecule has 0 saturated heterocycles. The fourth-order valence-electron chi connectivity index (χ4n) is 1.32. The summed E-state index contributed by atoms with van der Waals surface area (Å²) in [5.41, 5.74) is 1.14. The van der Waals surface area contributed by atoms with Crippen LogP contribution < -0.4 is 5.32 Å². The number of thiophene rings is 1. The van der Waals surface area contributed by atoms with Gasteiger partial charge in [0, 0.05) is 12.4 Å². The molecule has 1 aromatic rings. The molecule has 0 bridgehead atoms. The van der Waals surface area contributed by atoms with Crippen molar-refractivity contribution in [1.29, 1.82) is 0 Å². The third-order valence-corrected chi connectivity index (χ3v) is 4.90. The SMILES string of the molecule is Cc1cc(C(=O)NCC(C)(C)CCCl)sc1Br. The summed E-state index contributed by atoms with van der Waals surface area (Å²) in [7, 11) is 0. The van der Waals surface area contributed by atoms with E-state index in [1.807, 2.05) is 13.0 Å². The lowest BCUT2D eigenvalue weighted by Gasteiger charge is -2.23. The van der Waals surface area contributed by atoms with E-state index in [1.54, 1.807) is 0 Å². The smallest absolute Gasteiger partial charge is 0.261 e. The number of rotatable bonds is 5. The second kappa shape index (κ2) is 6.21. The molecule has 0 atom stereocenters. The van der Waals surface area contributed by atoms with Crippen LogP contribution in [0.5, 0.6) is 0 Å². The maximum atomic E-state index is 11.9. The van der Waals surface area contributed by atoms with Crippen LogP contribution in [0.2, 0.25) is 0 Å². The molecule has 1 aromatic heterocycles. The Bertz CT molecular complexity index is 384. The van der Waals surface area contributed by atoms with Crippen LogP contribution in [0.3, 0.4) is 0 Å². The van der Waals surface area contributed by atoms with Gasteiger partial charge in [-0.05, 0) is 46.3 Å². The Kier molecular flexibility index (Phi) is 5.48. The van der Waals surface area contributed by atoms with Crippen LogP contribution in [-0.4, -0.2) is 18.3 Å². The van der Waals surface area contributed by atoms with E-state index in [0.717, 1.165) is 20.6 Å². The molecule has 0 unspecified atom stereocenters. The Morgan fingerprint density at radius 3 is 2.71 bits per heavy atom. The van der Waals surface area contributed by atoms with Gasteiger partial charge in [-0.15, -0.1) is 22.9 Å². The van der Waals surface area contributed by atoms with Crippen LogP contribution in [0.25, 0.3) is 0 Å². The number of halogens is 2. The summed E-state index contributed by atoms with van der Waals surface area (Å²) in [6, 6.07) is 1.90. The standard InChI is InChI=1S/C12H17BrClNOS/c1-8-6-9(17-10(8)13)11(16)15-7-12(2,3)4-5-14/h6H,4-5,7H2,1-3H3,(H,15,16). The monoisotopic (exact) mass is 337 g/mol. The van der Waals surface area contributed by atoms with Crippen molar-refractivity contribution in [3.8, 4) is 0 Å². The highest BCUT2D eigenvalue weighted by molar-refractivity contribution is 9.11. The molecule has 0 aromatic carbocycles. The molecule has 0 aliphatic heterocycles. The van der Waals surface area contributed by atoms with Crippen molar-refractivity contribution >= 4 is 44.8 Å². The van der Waals surface area contributed by atoms with Gasteiger partial charge in [-0.2, -0.15) is 0 Å². The number of hydrogen-bond acceptors (Lipinski definition) is 2. The van der Waals surface area contributed by atoms with E-state index >= 15 is 0 Å². The summed E-state index contributed by atoms with van der Waals surface area (Å²) in [6.45, 7) is 6.83. The van der Waals surface area contributed by atoms with Crippen molar-refractivity contribution in [2.75, 3.05) is 12.4 Å². The number of carbonyl (C=O) groups excluding carboxylic acids is 1. The minimum atomic E-state index is -0.00792. The zero-order valence-corrected chi connectivity index (χ0v) is 13.4. The van der Waals surface area contributed by atoms with Crippen LogP contribution in [0.15, 0.2) is 9.85 Å². The van der Waals surface area contributed by atoms with E-state index < -0.39 is 0 Å². The van der Waals surface area contributed by atoms with Crippen molar-refractivity contribution < 1.29 is 4.79 Å². The highest BCUT2D eigenvalue weighted by atomic mass is 79.9. The molecule has 96 valence electrons. The lowest BCUT2D eigenvalue weighted by molar-refractivity contribution is 0.0940. The van der Waals surface area contributed by atoms with E-state index in [-0.39, 0.29) is 11.3 Å². The van der Waals surface area contributed by atoms with Gasteiger partial charge >= 0.3 is 0 Å². The Morgan fingerprint density at radius 2 is 2.24 bits per heavy atom. The Balaban J connectivity index is 2.56. The van der Waals surface area contributed by atoms with Gasteiger partial charge in [-0.3, -0.25) is 4.79 Å². The Labute approximate surface area is 120 Å². The predicted molar refractivity (Wildman–Crippen MR) is 78.2 cm³/mol. The van der Waals surface area contributed by atoms with E-state index in [2.05, 4.69) is 35.1 Å². The lowest BCUT2D eigenvalue weighted by Crippen LogP contribution is -2.33. The molecule has 0 aliphatic rings. The molecule has 2 nitrogen and oxygen atoms in total. The van der Waals surface area contributed by atoms with Crippen molar-refractivity contribution in [3.63, 3.8) is 0 Å². The molecule has 0 saturated carbocycles. The van der Waals surface area contributed by atoms with Crippen LogP contribution in [0.4, 0.5) is 0 Å². The number of aryl methyl sites for hydroxylation is 1. The van der Waals surface area contributed by atoms with Gasteiger partial charge in [-0.25, -0.2) is 0 Å². The molecule has 1 amide bonds. The van der Waals surface area contributed by atoms with E-state index in [9.17, 15) is 4.79 Å². The molecule has 1 rings (SSSR count). The maximum absolute atomic E-state index is 11.9. The number of alkyl halides is 1. The molecule has 1 heterocycles. The van der Waals surface area contributed by atoms with Gasteiger partial charge < -0.3 is 5.32 Å². The highest BCUT2D eigenvalue weighted by Crippen LogP contribution is 2.27. The Morgan fingerprint density at radius 1 is 1.59 bits per heavy atom. The highest BCUT2D eigenvalue weighted by Gasteiger charge is 2.19. The van der Waals surface area contributed by atoms with Crippen LogP contribution >= 0.6 is 38.9 Å². The summed E-state index contributed by atoms with van der Waals surface area (Å²) in [4.78, 5) is 12.7. The number of carbonyl (C=O) groups is 1. The van der Waals surface area contributed by atoms with E-state index in [0.29, 0.717) is 12.4 Å². The summed E-state index contributed by atoms with van der Waals surface area (Å²) >= 11 is 10.6. The summed E-state index contributed by atoms with van der Waals surface area (Å²) < 4.78 is 1.02. The molecule has 0 fully saturated rings. The molecule has 17 heavy (non-hydrogen) atoms. The largest absolute Gasteiger partial charge is 0.351 e. The third kappa shape index (κ3) is 4.60. The molecule has 0 spiro atoms. The van der Waals surface area contributed by atoms with E-state index in [1.165, 1.54) is 11.3 Å². The normalized spacial score (nSPS) is 11.6. The second-order valence-electron chi connectivity index (χ2n) is 4.85. The molecular formula is C12H17BrClNOS. The lowest BCUT2D eigenvalue weighted by atomic mass is 9.90. The van der Waals surface area contributed by atoms with Gasteiger partial charge in [0.2, 0.25) is 0 Å². The predicted octanol–water partition coefficient (Wildman–Crippen LogP) is 4.20. The minimum Gasteiger partial charge on any atom is -0.351 e. The first-order valence-corrected chi connectivity index (χ1v) is 7.60. The van der Waals surface area contributed by atoms with Gasteiger partial charge in [0.05, 0.1) is 8.66 Å². The topological polar surface area (TPSA) is 29.1 Å². The van der Waals surface area contributed by atoms with Gasteiger partial charge in [0.15, 0.2) is 0 Å². The summed E-state index contributed by atoms with van der Waals surface area (Å²) in [5, 5.41) is 2.96. The average Bonchev–Trinajstić information content (AvgIpc) is 2.56. The fraction of sp³-hybridized carbons (Fsp3) is 0.583. The number of amides is 1. The average molecular weight is 339 g/mol. The minimum absolute atomic E-state index is 0.00792. The number of hydrogen-bond donors (Lipinski definition) is 1. The summed E-state index contributed by atoms with van der Waals surface area (Å²) in [6.07, 6.45) is 0.891. The quantitative estimate of drug-likeness (QED) is 0.801. The first kappa shape index (κ1) is 15.0. The summed E-state index contributed by atoms with van der Waals surface area (Å²) in [5.74, 6) is 0.610. The van der Waals surface area contributed by atoms with Gasteiger partial charge in [0.1, 0.15) is 0 Å². The van der Waals surface area contributed by atoms with Crippen molar-refractivity contribution in [3.05, 3.63) is 20.3 Å². The zero-order valence-electron chi connectivity index (χ0n) is 10.3. The maximum Gasteiger partial charge on any atom is 0.261 e. The van der Waals surface area contributed by atoms with Crippen LogP contribution in [-0.2, 0) is 0 Å². The molecule has 1 N–H and O–H groups in total. The third-order valence-electron chi connectivity index (χ3n) is 2.58. The molecular weight excluding hydrogens is 322 g/mol. The fourth-order valence-corrected chi connectivity index (χ4v) is 3.29. The second-order valence-corrected chi connectivity index (χ2v) is 7.60. The first-order chi connectivity index (χ1) is 7.85. The van der Waals surface area contributed by atoms with Crippen molar-refractivity contribution in [1.82, 2.24) is 5.32 Å². The van der Waals surface area contributed by atoms with Crippen molar-refractivity contribution in [2.45, 2.75) is 27.2 Å². The van der Waals surface area contributed by atoms with Crippen LogP contribution in [0.1, 0.15) is 35.5 Å². The van der Waals surface area contributed by atoms with Crippen molar-refractivity contribution in [2.24, 2.45) is 5.41 Å². The van der Waals surface area contributed by atoms with Crippen LogP contribution in [0, 0.1) is 12.3 Å². The van der Waals surface area contributed by atoms with E-state index in [4.69, 9.17) is 11.6 Å². The zero-order chi connectivity index (χ0) is 13.1. The van der Waals surface area contributed by atoms with Gasteiger partial charge in [-0.1, -0.05) is 13.8 Å². The first-order valence-electron chi connectivity index (χ1n) is 5.46. The van der Waals surface area contributed by atoms with Gasteiger partial charge in [0.25, 0.3) is 5.91 Å². The molecule has 0 aliphatic carbocycles. The number of nitrogens with one attached hydrogen (secondary N) is 1. The Hall–Kier alpha value is -0.0600.